The van der Waals surface area contributed by atoms with Crippen LogP contribution in [0, 0.1) is 0 Å². The Morgan fingerprint density at radius 1 is 1.36 bits per heavy atom. The molecule has 3 aromatic rings. The first-order valence-corrected chi connectivity index (χ1v) is 8.56. The van der Waals surface area contributed by atoms with Gasteiger partial charge in [-0.2, -0.15) is 14.7 Å². The first kappa shape index (κ1) is 15.1. The quantitative estimate of drug-likeness (QED) is 0.701. The van der Waals surface area contributed by atoms with Gasteiger partial charge in [0.15, 0.2) is 11.5 Å². The van der Waals surface area contributed by atoms with Crippen LogP contribution in [0.5, 0.6) is 0 Å². The highest BCUT2D eigenvalue weighted by molar-refractivity contribution is 7.72. The molecule has 3 rings (SSSR count). The minimum Gasteiger partial charge on any atom is -0.258 e. The van der Waals surface area contributed by atoms with E-state index in [9.17, 15) is 8.42 Å². The van der Waals surface area contributed by atoms with Crippen LogP contribution in [-0.2, 0) is 10.7 Å². The number of hydrogen-bond donors (Lipinski definition) is 2. The largest absolute Gasteiger partial charge is 0.258 e. The van der Waals surface area contributed by atoms with Gasteiger partial charge in [-0.05, 0) is 12.0 Å². The molecule has 0 saturated carbocycles. The Hall–Kier alpha value is -1.86. The molecule has 116 valence electrons. The average molecular weight is 339 g/mol. The molecular weight excluding hydrogens is 324 g/mol. The number of fused-ring (bicyclic) bond motifs is 1. The fourth-order valence-corrected chi connectivity index (χ4v) is 3.64. The van der Waals surface area contributed by atoms with Crippen LogP contribution < -0.4 is 0 Å². The number of benzene rings is 1. The molecule has 0 amide bonds. The van der Waals surface area contributed by atoms with Crippen LogP contribution in [0.25, 0.3) is 17.0 Å². The first-order valence-electron chi connectivity index (χ1n) is 6.94. The molecule has 0 radical (unpaired) electrons. The van der Waals surface area contributed by atoms with Crippen molar-refractivity contribution in [2.24, 2.45) is 0 Å². The van der Waals surface area contributed by atoms with Crippen LogP contribution in [0.15, 0.2) is 30.5 Å². The third-order valence-corrected chi connectivity index (χ3v) is 4.89. The number of thiol groups is 1. The van der Waals surface area contributed by atoms with Crippen LogP contribution in [0.3, 0.4) is 0 Å². The van der Waals surface area contributed by atoms with E-state index in [1.165, 1.54) is 6.20 Å². The molecule has 1 N–H and O–H groups in total. The summed E-state index contributed by atoms with van der Waals surface area (Å²) in [6.07, 6.45) is 2.88. The zero-order valence-corrected chi connectivity index (χ0v) is 13.5. The van der Waals surface area contributed by atoms with Gasteiger partial charge >= 0.3 is 0 Å². The number of hydrogen-bond acceptors (Lipinski definition) is 4. The van der Waals surface area contributed by atoms with Crippen molar-refractivity contribution < 1.29 is 8.42 Å². The molecule has 1 aromatic carbocycles. The molecule has 1 unspecified atom stereocenters. The third-order valence-electron chi connectivity index (χ3n) is 3.57. The van der Waals surface area contributed by atoms with Gasteiger partial charge in [0.1, 0.15) is 15.7 Å². The van der Waals surface area contributed by atoms with E-state index in [0.717, 1.165) is 17.5 Å². The topological polar surface area (TPSA) is 80.1 Å². The van der Waals surface area contributed by atoms with E-state index in [4.69, 9.17) is 11.6 Å². The molecule has 2 heterocycles. The summed E-state index contributed by atoms with van der Waals surface area (Å²) in [4.78, 5) is 0. The molecule has 0 aliphatic carbocycles. The Kier molecular flexibility index (Phi) is 4.17. The number of aromatic amines is 1. The van der Waals surface area contributed by atoms with Gasteiger partial charge in [0, 0.05) is 5.56 Å². The molecule has 8 heteroatoms. The van der Waals surface area contributed by atoms with E-state index in [1.807, 2.05) is 31.2 Å². The Morgan fingerprint density at radius 2 is 2.14 bits per heavy atom. The summed E-state index contributed by atoms with van der Waals surface area (Å²) in [5.41, 5.74) is 2.07. The Balaban J connectivity index is 2.19. The number of halogens is 1. The standard InChI is InChI=1S/C14H15ClN4O2S/c1-2-5-12(22(20)21)9-6-3-4-7-10(9)13-17-18-14-11(15)8-16-19(13)14/h3-4,6-8,12,18,22H,2,5H2,1H3. The number of aromatic nitrogens is 4. The van der Waals surface area contributed by atoms with E-state index >= 15 is 0 Å². The van der Waals surface area contributed by atoms with Crippen molar-refractivity contribution in [3.8, 4) is 11.4 Å². The Labute approximate surface area is 134 Å². The zero-order chi connectivity index (χ0) is 15.7. The van der Waals surface area contributed by atoms with Crippen molar-refractivity contribution in [1.29, 1.82) is 0 Å². The highest BCUT2D eigenvalue weighted by Crippen LogP contribution is 2.32. The second-order valence-electron chi connectivity index (χ2n) is 4.98. The van der Waals surface area contributed by atoms with Crippen LogP contribution >= 0.6 is 11.6 Å². The van der Waals surface area contributed by atoms with E-state index < -0.39 is 16.0 Å². The van der Waals surface area contributed by atoms with Gasteiger partial charge in [-0.1, -0.05) is 49.2 Å². The highest BCUT2D eigenvalue weighted by atomic mass is 35.5. The first-order chi connectivity index (χ1) is 10.6. The zero-order valence-electron chi connectivity index (χ0n) is 11.9. The summed E-state index contributed by atoms with van der Waals surface area (Å²) < 4.78 is 24.9. The van der Waals surface area contributed by atoms with E-state index in [0.29, 0.717) is 22.9 Å². The monoisotopic (exact) mass is 338 g/mol. The molecule has 0 fully saturated rings. The van der Waals surface area contributed by atoms with Gasteiger partial charge in [0.25, 0.3) is 0 Å². The lowest BCUT2D eigenvalue weighted by atomic mass is 10.0. The summed E-state index contributed by atoms with van der Waals surface area (Å²) >= 11 is 6.02. The van der Waals surface area contributed by atoms with Crippen LogP contribution in [0.1, 0.15) is 30.6 Å². The van der Waals surface area contributed by atoms with Gasteiger partial charge in [-0.15, -0.1) is 0 Å². The van der Waals surface area contributed by atoms with Crippen molar-refractivity contribution in [2.75, 3.05) is 0 Å². The summed E-state index contributed by atoms with van der Waals surface area (Å²) in [7, 11) is -2.57. The minimum atomic E-state index is -2.57. The molecule has 0 aliphatic rings. The van der Waals surface area contributed by atoms with E-state index in [2.05, 4.69) is 15.3 Å². The molecule has 0 spiro atoms. The highest BCUT2D eigenvalue weighted by Gasteiger charge is 2.21. The molecule has 0 bridgehead atoms. The normalized spacial score (nSPS) is 13.0. The molecule has 6 nitrogen and oxygen atoms in total. The third kappa shape index (κ3) is 2.50. The number of rotatable bonds is 5. The van der Waals surface area contributed by atoms with Gasteiger partial charge in [0.2, 0.25) is 0 Å². The van der Waals surface area contributed by atoms with Gasteiger partial charge in [-0.25, -0.2) is 8.42 Å². The molecule has 22 heavy (non-hydrogen) atoms. The lowest BCUT2D eigenvalue weighted by Gasteiger charge is -2.13. The van der Waals surface area contributed by atoms with Gasteiger partial charge < -0.3 is 0 Å². The molecule has 1 atom stereocenters. The van der Waals surface area contributed by atoms with Crippen molar-refractivity contribution in [3.63, 3.8) is 0 Å². The van der Waals surface area contributed by atoms with Gasteiger partial charge in [0.05, 0.1) is 11.4 Å². The SMILES string of the molecule is CCCC(c1ccccc1-c1n[nH]c2c(Cl)cnn12)[SH](=O)=O. The maximum atomic E-state index is 11.6. The predicted octanol–water partition coefficient (Wildman–Crippen LogP) is 2.83. The van der Waals surface area contributed by atoms with Crippen molar-refractivity contribution in [1.82, 2.24) is 19.8 Å². The molecular formula is C14H15ClN4O2S. The molecule has 0 aliphatic heterocycles. The fourth-order valence-electron chi connectivity index (χ4n) is 2.56. The number of nitrogens with one attached hydrogen (secondary N) is 1. The summed E-state index contributed by atoms with van der Waals surface area (Å²) in [5.74, 6) is 0.551. The summed E-state index contributed by atoms with van der Waals surface area (Å²) in [6, 6.07) is 7.36. The number of nitrogens with zero attached hydrogens (tertiary/aromatic N) is 3. The Morgan fingerprint density at radius 3 is 2.86 bits per heavy atom. The van der Waals surface area contributed by atoms with Crippen molar-refractivity contribution >= 4 is 28.0 Å². The average Bonchev–Trinajstić information content (AvgIpc) is 3.08. The molecule has 2 aromatic heterocycles. The van der Waals surface area contributed by atoms with E-state index in [-0.39, 0.29) is 0 Å². The number of H-pyrrole nitrogens is 1. The van der Waals surface area contributed by atoms with Crippen molar-refractivity contribution in [3.05, 3.63) is 41.0 Å². The molecule has 0 saturated heterocycles. The van der Waals surface area contributed by atoms with Crippen LogP contribution in [0.2, 0.25) is 5.02 Å². The second kappa shape index (κ2) is 6.10. The van der Waals surface area contributed by atoms with Crippen LogP contribution in [-0.4, -0.2) is 28.2 Å². The van der Waals surface area contributed by atoms with Crippen LogP contribution in [0.4, 0.5) is 0 Å². The van der Waals surface area contributed by atoms with Crippen molar-refractivity contribution in [2.45, 2.75) is 25.0 Å². The van der Waals surface area contributed by atoms with Gasteiger partial charge in [-0.3, -0.25) is 5.10 Å². The predicted molar refractivity (Wildman–Crippen MR) is 85.7 cm³/mol. The van der Waals surface area contributed by atoms with E-state index in [1.54, 1.807) is 4.52 Å². The minimum absolute atomic E-state index is 0.469. The fraction of sp³-hybridized carbons (Fsp3) is 0.286. The summed E-state index contributed by atoms with van der Waals surface area (Å²) in [5, 5.41) is 11.2. The maximum Gasteiger partial charge on any atom is 0.183 e. The lowest BCUT2D eigenvalue weighted by molar-refractivity contribution is 0.593. The smallest absolute Gasteiger partial charge is 0.183 e. The maximum absolute atomic E-state index is 11.6. The Bertz CT molecular complexity index is 876. The lowest BCUT2D eigenvalue weighted by Crippen LogP contribution is -2.04. The second-order valence-corrected chi connectivity index (χ2v) is 6.58. The summed E-state index contributed by atoms with van der Waals surface area (Å²) in [6.45, 7) is 1.97.